The van der Waals surface area contributed by atoms with E-state index in [0.29, 0.717) is 35.6 Å². The Balaban J connectivity index is 2.20. The molecule has 0 spiro atoms. The van der Waals surface area contributed by atoms with Gasteiger partial charge in [0.1, 0.15) is 5.75 Å². The quantitative estimate of drug-likeness (QED) is 0.595. The fourth-order valence-electron chi connectivity index (χ4n) is 2.91. The SMILES string of the molecule is COc1ccc(C[C@H](NC=O)C(=O)Cc2cc(OC)c(OC)c(OC)c2)cc1. The average Bonchev–Trinajstić information content (AvgIpc) is 2.73. The monoisotopic (exact) mass is 387 g/mol. The van der Waals surface area contributed by atoms with E-state index in [1.54, 1.807) is 19.2 Å². The highest BCUT2D eigenvalue weighted by molar-refractivity contribution is 5.88. The van der Waals surface area contributed by atoms with Crippen molar-refractivity contribution in [3.05, 3.63) is 47.5 Å². The van der Waals surface area contributed by atoms with E-state index in [1.165, 1.54) is 21.3 Å². The molecule has 0 aliphatic heterocycles. The van der Waals surface area contributed by atoms with Gasteiger partial charge in [0, 0.05) is 6.42 Å². The predicted molar refractivity (Wildman–Crippen MR) is 104 cm³/mol. The van der Waals surface area contributed by atoms with Gasteiger partial charge < -0.3 is 24.3 Å². The molecule has 28 heavy (non-hydrogen) atoms. The Bertz CT molecular complexity index is 778. The Morgan fingerprint density at radius 1 is 0.929 bits per heavy atom. The van der Waals surface area contributed by atoms with Gasteiger partial charge in [0.2, 0.25) is 12.2 Å². The van der Waals surface area contributed by atoms with Crippen LogP contribution in [-0.2, 0) is 22.4 Å². The first-order valence-corrected chi connectivity index (χ1v) is 8.70. The molecular weight excluding hydrogens is 362 g/mol. The maximum Gasteiger partial charge on any atom is 0.207 e. The van der Waals surface area contributed by atoms with Gasteiger partial charge >= 0.3 is 0 Å². The smallest absolute Gasteiger partial charge is 0.207 e. The lowest BCUT2D eigenvalue weighted by Gasteiger charge is -2.17. The van der Waals surface area contributed by atoms with Gasteiger partial charge in [0.05, 0.1) is 34.5 Å². The average molecular weight is 387 g/mol. The fourth-order valence-corrected chi connectivity index (χ4v) is 2.91. The summed E-state index contributed by atoms with van der Waals surface area (Å²) in [6.07, 6.45) is 1.03. The Morgan fingerprint density at radius 2 is 1.54 bits per heavy atom. The topological polar surface area (TPSA) is 83.1 Å². The van der Waals surface area contributed by atoms with E-state index in [9.17, 15) is 9.59 Å². The van der Waals surface area contributed by atoms with Gasteiger partial charge in [-0.3, -0.25) is 9.59 Å². The van der Waals surface area contributed by atoms with Crippen LogP contribution in [0.15, 0.2) is 36.4 Å². The van der Waals surface area contributed by atoms with Crippen LogP contribution in [0.25, 0.3) is 0 Å². The number of Topliss-reactive ketones (excluding diaryl/α,β-unsaturated/α-hetero) is 1. The molecule has 7 heteroatoms. The summed E-state index contributed by atoms with van der Waals surface area (Å²) in [5, 5.41) is 2.61. The predicted octanol–water partition coefficient (Wildman–Crippen LogP) is 2.19. The summed E-state index contributed by atoms with van der Waals surface area (Å²) in [5.41, 5.74) is 1.62. The van der Waals surface area contributed by atoms with Crippen LogP contribution in [-0.4, -0.2) is 46.7 Å². The molecule has 2 aromatic carbocycles. The van der Waals surface area contributed by atoms with Crippen LogP contribution in [0.3, 0.4) is 0 Å². The molecule has 1 atom stereocenters. The van der Waals surface area contributed by atoms with Crippen molar-refractivity contribution >= 4 is 12.2 Å². The van der Waals surface area contributed by atoms with Gasteiger partial charge in [0.15, 0.2) is 17.3 Å². The zero-order valence-electron chi connectivity index (χ0n) is 16.5. The number of rotatable bonds is 11. The summed E-state index contributed by atoms with van der Waals surface area (Å²) >= 11 is 0. The van der Waals surface area contributed by atoms with Crippen LogP contribution >= 0.6 is 0 Å². The van der Waals surface area contributed by atoms with Gasteiger partial charge in [-0.05, 0) is 41.8 Å². The van der Waals surface area contributed by atoms with Crippen LogP contribution in [0, 0.1) is 0 Å². The molecule has 0 unspecified atom stereocenters. The first kappa shape index (κ1) is 21.1. The number of ketones is 1. The van der Waals surface area contributed by atoms with Gasteiger partial charge in [-0.25, -0.2) is 0 Å². The number of carbonyl (C=O) groups is 2. The van der Waals surface area contributed by atoms with Gasteiger partial charge in [0.25, 0.3) is 0 Å². The molecule has 0 aliphatic rings. The van der Waals surface area contributed by atoms with Gasteiger partial charge in [-0.15, -0.1) is 0 Å². The highest BCUT2D eigenvalue weighted by Gasteiger charge is 2.21. The first-order valence-electron chi connectivity index (χ1n) is 8.70. The van der Waals surface area contributed by atoms with E-state index in [2.05, 4.69) is 5.32 Å². The lowest BCUT2D eigenvalue weighted by molar-refractivity contribution is -0.123. The van der Waals surface area contributed by atoms with Crippen molar-refractivity contribution in [3.8, 4) is 23.0 Å². The van der Waals surface area contributed by atoms with Crippen molar-refractivity contribution in [2.45, 2.75) is 18.9 Å². The molecule has 0 heterocycles. The second-order valence-electron chi connectivity index (χ2n) is 6.07. The number of hydrogen-bond donors (Lipinski definition) is 1. The minimum atomic E-state index is -0.648. The summed E-state index contributed by atoms with van der Waals surface area (Å²) in [5.74, 6) is 2.01. The van der Waals surface area contributed by atoms with Crippen LogP contribution in [0.5, 0.6) is 23.0 Å². The fraction of sp³-hybridized carbons (Fsp3) is 0.333. The Morgan fingerprint density at radius 3 is 2.00 bits per heavy atom. The number of ether oxygens (including phenoxy) is 4. The number of carbonyl (C=O) groups excluding carboxylic acids is 2. The van der Waals surface area contributed by atoms with Gasteiger partial charge in [-0.2, -0.15) is 0 Å². The number of methoxy groups -OCH3 is 4. The van der Waals surface area contributed by atoms with Crippen molar-refractivity contribution in [3.63, 3.8) is 0 Å². The number of amides is 1. The Kier molecular flexibility index (Phi) is 7.68. The molecule has 0 saturated carbocycles. The summed E-state index contributed by atoms with van der Waals surface area (Å²) in [4.78, 5) is 23.8. The molecule has 0 aromatic heterocycles. The normalized spacial score (nSPS) is 11.3. The third-order valence-electron chi connectivity index (χ3n) is 4.36. The minimum absolute atomic E-state index is 0.109. The van der Waals surface area contributed by atoms with E-state index < -0.39 is 6.04 Å². The molecule has 0 bridgehead atoms. The maximum atomic E-state index is 12.8. The van der Waals surface area contributed by atoms with E-state index >= 15 is 0 Å². The number of hydrogen-bond acceptors (Lipinski definition) is 6. The van der Waals surface area contributed by atoms with Crippen LogP contribution in [0.1, 0.15) is 11.1 Å². The largest absolute Gasteiger partial charge is 0.497 e. The number of nitrogens with one attached hydrogen (secondary N) is 1. The third kappa shape index (κ3) is 5.16. The number of benzene rings is 2. The Labute approximate surface area is 164 Å². The van der Waals surface area contributed by atoms with Crippen molar-refractivity contribution in [1.29, 1.82) is 0 Å². The van der Waals surface area contributed by atoms with Crippen molar-refractivity contribution in [1.82, 2.24) is 5.32 Å². The van der Waals surface area contributed by atoms with Crippen molar-refractivity contribution in [2.24, 2.45) is 0 Å². The molecule has 2 rings (SSSR count). The van der Waals surface area contributed by atoms with Gasteiger partial charge in [-0.1, -0.05) is 12.1 Å². The van der Waals surface area contributed by atoms with E-state index in [0.717, 1.165) is 11.3 Å². The molecular formula is C21H25NO6. The molecule has 0 radical (unpaired) electrons. The second-order valence-corrected chi connectivity index (χ2v) is 6.07. The van der Waals surface area contributed by atoms with Crippen LogP contribution in [0.4, 0.5) is 0 Å². The first-order chi connectivity index (χ1) is 13.6. The molecule has 1 amide bonds. The molecule has 150 valence electrons. The molecule has 0 fully saturated rings. The van der Waals surface area contributed by atoms with Crippen LogP contribution in [0.2, 0.25) is 0 Å². The lowest BCUT2D eigenvalue weighted by atomic mass is 9.97. The molecule has 0 saturated heterocycles. The third-order valence-corrected chi connectivity index (χ3v) is 4.36. The molecule has 1 N–H and O–H groups in total. The van der Waals surface area contributed by atoms with Crippen molar-refractivity contribution in [2.75, 3.05) is 28.4 Å². The van der Waals surface area contributed by atoms with Crippen molar-refractivity contribution < 1.29 is 28.5 Å². The summed E-state index contributed by atoms with van der Waals surface area (Å²) in [6.45, 7) is 0. The minimum Gasteiger partial charge on any atom is -0.497 e. The summed E-state index contributed by atoms with van der Waals surface area (Å²) < 4.78 is 21.1. The second kappa shape index (κ2) is 10.2. The Hall–Kier alpha value is -3.22. The van der Waals surface area contributed by atoms with E-state index in [1.807, 2.05) is 24.3 Å². The maximum absolute atomic E-state index is 12.8. The van der Waals surface area contributed by atoms with E-state index in [4.69, 9.17) is 18.9 Å². The standard InChI is InChI=1S/C21H25NO6/c1-25-16-7-5-14(6-8-16)9-17(22-13-23)18(24)10-15-11-19(26-2)21(28-4)20(12-15)27-3/h5-8,11-13,17H,9-10H2,1-4H3,(H,22,23)/t17-/m0/s1. The highest BCUT2D eigenvalue weighted by atomic mass is 16.5. The highest BCUT2D eigenvalue weighted by Crippen LogP contribution is 2.38. The molecule has 2 aromatic rings. The van der Waals surface area contributed by atoms with E-state index in [-0.39, 0.29) is 12.2 Å². The summed E-state index contributed by atoms with van der Waals surface area (Å²) in [6, 6.07) is 10.2. The zero-order chi connectivity index (χ0) is 20.5. The molecule has 0 aliphatic carbocycles. The lowest BCUT2D eigenvalue weighted by Crippen LogP contribution is -2.38. The zero-order valence-corrected chi connectivity index (χ0v) is 16.5. The summed E-state index contributed by atoms with van der Waals surface area (Å²) in [7, 11) is 6.14. The van der Waals surface area contributed by atoms with Crippen LogP contribution < -0.4 is 24.3 Å². The molecule has 7 nitrogen and oxygen atoms in total.